The molecule has 1 unspecified atom stereocenters. The lowest BCUT2D eigenvalue weighted by Crippen LogP contribution is -2.12. The average molecular weight is 260 g/mol. The zero-order valence-corrected chi connectivity index (χ0v) is 12.5. The molecule has 0 saturated heterocycles. The highest BCUT2D eigenvalue weighted by Gasteiger charge is 2.11. The standard InChI is InChI=1S/C15H20N2S/c1-9-6-11(3)13(7-10(9)2)15-17-14(8-18-15)12(4)16-5/h6-8,12,16H,1-5H3. The summed E-state index contributed by atoms with van der Waals surface area (Å²) in [5, 5.41) is 6.49. The van der Waals surface area contributed by atoms with Crippen molar-refractivity contribution < 1.29 is 0 Å². The zero-order valence-electron chi connectivity index (χ0n) is 11.7. The van der Waals surface area contributed by atoms with Crippen LogP contribution in [0.15, 0.2) is 17.5 Å². The van der Waals surface area contributed by atoms with Crippen LogP contribution in [0.4, 0.5) is 0 Å². The van der Waals surface area contributed by atoms with Crippen LogP contribution >= 0.6 is 11.3 Å². The highest BCUT2D eigenvalue weighted by molar-refractivity contribution is 7.13. The largest absolute Gasteiger partial charge is 0.312 e. The lowest BCUT2D eigenvalue weighted by molar-refractivity contribution is 0.637. The summed E-state index contributed by atoms with van der Waals surface area (Å²) >= 11 is 1.72. The molecule has 0 saturated carbocycles. The molecule has 0 bridgehead atoms. The van der Waals surface area contributed by atoms with Crippen LogP contribution in [-0.4, -0.2) is 12.0 Å². The van der Waals surface area contributed by atoms with E-state index in [1.807, 2.05) is 7.05 Å². The Labute approximate surface area is 113 Å². The van der Waals surface area contributed by atoms with Crippen molar-refractivity contribution in [1.29, 1.82) is 0 Å². The van der Waals surface area contributed by atoms with E-state index in [1.165, 1.54) is 22.3 Å². The Hall–Kier alpha value is -1.19. The van der Waals surface area contributed by atoms with Gasteiger partial charge in [-0.25, -0.2) is 4.98 Å². The van der Waals surface area contributed by atoms with Gasteiger partial charge in [0.1, 0.15) is 5.01 Å². The summed E-state index contributed by atoms with van der Waals surface area (Å²) in [7, 11) is 1.96. The summed E-state index contributed by atoms with van der Waals surface area (Å²) in [5.74, 6) is 0. The van der Waals surface area contributed by atoms with Gasteiger partial charge in [-0.3, -0.25) is 0 Å². The Kier molecular flexibility index (Phi) is 3.83. The number of aryl methyl sites for hydroxylation is 3. The highest BCUT2D eigenvalue weighted by atomic mass is 32.1. The Morgan fingerprint density at radius 1 is 1.11 bits per heavy atom. The van der Waals surface area contributed by atoms with E-state index >= 15 is 0 Å². The van der Waals surface area contributed by atoms with Gasteiger partial charge in [-0.2, -0.15) is 0 Å². The summed E-state index contributed by atoms with van der Waals surface area (Å²) in [6.07, 6.45) is 0. The highest BCUT2D eigenvalue weighted by Crippen LogP contribution is 2.30. The number of benzene rings is 1. The van der Waals surface area contributed by atoms with Gasteiger partial charge in [-0.05, 0) is 57.5 Å². The summed E-state index contributed by atoms with van der Waals surface area (Å²) in [6, 6.07) is 4.80. The molecule has 0 spiro atoms. The zero-order chi connectivity index (χ0) is 13.3. The molecule has 2 aromatic rings. The minimum Gasteiger partial charge on any atom is -0.312 e. The molecule has 0 amide bonds. The maximum Gasteiger partial charge on any atom is 0.123 e. The first kappa shape index (κ1) is 13.2. The minimum absolute atomic E-state index is 0.307. The van der Waals surface area contributed by atoms with Crippen molar-refractivity contribution in [2.45, 2.75) is 33.7 Å². The van der Waals surface area contributed by atoms with Gasteiger partial charge in [-0.15, -0.1) is 11.3 Å². The second kappa shape index (κ2) is 5.21. The molecule has 96 valence electrons. The molecule has 0 aliphatic heterocycles. The first-order chi connectivity index (χ1) is 8.52. The van der Waals surface area contributed by atoms with Crippen LogP contribution in [0, 0.1) is 20.8 Å². The predicted octanol–water partition coefficient (Wildman–Crippen LogP) is 4.02. The van der Waals surface area contributed by atoms with E-state index in [0.29, 0.717) is 6.04 Å². The molecule has 1 N–H and O–H groups in total. The molecule has 2 nitrogen and oxygen atoms in total. The van der Waals surface area contributed by atoms with Gasteiger partial charge in [0.25, 0.3) is 0 Å². The van der Waals surface area contributed by atoms with Crippen LogP contribution in [0.3, 0.4) is 0 Å². The van der Waals surface area contributed by atoms with Gasteiger partial charge in [0.05, 0.1) is 5.69 Å². The number of hydrogen-bond acceptors (Lipinski definition) is 3. The summed E-state index contributed by atoms with van der Waals surface area (Å²) in [4.78, 5) is 4.74. The monoisotopic (exact) mass is 260 g/mol. The molecule has 0 aliphatic carbocycles. The van der Waals surface area contributed by atoms with Gasteiger partial charge >= 0.3 is 0 Å². The fourth-order valence-corrected chi connectivity index (χ4v) is 2.94. The van der Waals surface area contributed by atoms with Crippen molar-refractivity contribution in [1.82, 2.24) is 10.3 Å². The predicted molar refractivity (Wildman–Crippen MR) is 79.2 cm³/mol. The number of rotatable bonds is 3. The Balaban J connectivity index is 2.43. The SMILES string of the molecule is CNC(C)c1csc(-c2cc(C)c(C)cc2C)n1. The van der Waals surface area contributed by atoms with E-state index in [2.05, 4.69) is 50.5 Å². The second-order valence-corrected chi connectivity index (χ2v) is 5.70. The number of aromatic nitrogens is 1. The molecule has 1 aromatic heterocycles. The first-order valence-corrected chi connectivity index (χ1v) is 7.11. The molecular formula is C15H20N2S. The van der Waals surface area contributed by atoms with E-state index in [0.717, 1.165) is 10.7 Å². The van der Waals surface area contributed by atoms with E-state index in [4.69, 9.17) is 4.98 Å². The summed E-state index contributed by atoms with van der Waals surface area (Å²) in [5.41, 5.74) is 6.36. The van der Waals surface area contributed by atoms with Gasteiger partial charge in [-0.1, -0.05) is 6.07 Å². The van der Waals surface area contributed by atoms with E-state index < -0.39 is 0 Å². The van der Waals surface area contributed by atoms with Crippen molar-refractivity contribution in [3.8, 4) is 10.6 Å². The van der Waals surface area contributed by atoms with Crippen LogP contribution in [0.2, 0.25) is 0 Å². The average Bonchev–Trinajstić information content (AvgIpc) is 2.82. The van der Waals surface area contributed by atoms with Crippen LogP contribution < -0.4 is 5.32 Å². The number of nitrogens with zero attached hydrogens (tertiary/aromatic N) is 1. The van der Waals surface area contributed by atoms with Crippen molar-refractivity contribution in [2.24, 2.45) is 0 Å². The minimum atomic E-state index is 0.307. The first-order valence-electron chi connectivity index (χ1n) is 6.24. The maximum atomic E-state index is 4.74. The van der Waals surface area contributed by atoms with Crippen LogP contribution in [0.1, 0.15) is 35.3 Å². The number of hydrogen-bond donors (Lipinski definition) is 1. The third kappa shape index (κ3) is 2.47. The lowest BCUT2D eigenvalue weighted by Gasteiger charge is -2.08. The topological polar surface area (TPSA) is 24.9 Å². The molecule has 1 heterocycles. The Morgan fingerprint density at radius 2 is 1.78 bits per heavy atom. The molecule has 18 heavy (non-hydrogen) atoms. The molecule has 2 rings (SSSR count). The van der Waals surface area contributed by atoms with Crippen LogP contribution in [0.5, 0.6) is 0 Å². The van der Waals surface area contributed by atoms with Crippen LogP contribution in [-0.2, 0) is 0 Å². The summed E-state index contributed by atoms with van der Waals surface area (Å²) in [6.45, 7) is 8.60. The van der Waals surface area contributed by atoms with Gasteiger partial charge < -0.3 is 5.32 Å². The fraction of sp³-hybridized carbons (Fsp3) is 0.400. The van der Waals surface area contributed by atoms with Crippen molar-refractivity contribution in [3.63, 3.8) is 0 Å². The summed E-state index contributed by atoms with van der Waals surface area (Å²) < 4.78 is 0. The van der Waals surface area contributed by atoms with Gasteiger partial charge in [0.2, 0.25) is 0 Å². The molecule has 0 fully saturated rings. The quantitative estimate of drug-likeness (QED) is 0.901. The molecule has 0 aliphatic rings. The lowest BCUT2D eigenvalue weighted by atomic mass is 10.0. The molecule has 0 radical (unpaired) electrons. The van der Waals surface area contributed by atoms with E-state index in [1.54, 1.807) is 11.3 Å². The molecule has 1 atom stereocenters. The van der Waals surface area contributed by atoms with Crippen molar-refractivity contribution in [2.75, 3.05) is 7.05 Å². The third-order valence-corrected chi connectivity index (χ3v) is 4.36. The molecular weight excluding hydrogens is 240 g/mol. The normalized spacial score (nSPS) is 12.7. The van der Waals surface area contributed by atoms with E-state index in [9.17, 15) is 0 Å². The maximum absolute atomic E-state index is 4.74. The molecule has 1 aromatic carbocycles. The second-order valence-electron chi connectivity index (χ2n) is 4.84. The van der Waals surface area contributed by atoms with Gasteiger partial charge in [0.15, 0.2) is 0 Å². The Bertz CT molecular complexity index is 558. The smallest absolute Gasteiger partial charge is 0.123 e. The van der Waals surface area contributed by atoms with Crippen LogP contribution in [0.25, 0.3) is 10.6 Å². The third-order valence-electron chi connectivity index (χ3n) is 3.47. The molecule has 3 heteroatoms. The number of thiazole rings is 1. The van der Waals surface area contributed by atoms with Gasteiger partial charge in [0, 0.05) is 17.0 Å². The van der Waals surface area contributed by atoms with E-state index in [-0.39, 0.29) is 0 Å². The fourth-order valence-electron chi connectivity index (χ4n) is 1.95. The van der Waals surface area contributed by atoms with Crippen molar-refractivity contribution in [3.05, 3.63) is 39.9 Å². The Morgan fingerprint density at radius 3 is 2.44 bits per heavy atom. The number of nitrogens with one attached hydrogen (secondary N) is 1. The van der Waals surface area contributed by atoms with Crippen molar-refractivity contribution >= 4 is 11.3 Å².